The van der Waals surface area contributed by atoms with Crippen LogP contribution in [0.25, 0.3) is 0 Å². The molecule has 7 heteroatoms. The van der Waals surface area contributed by atoms with Gasteiger partial charge in [-0.1, -0.05) is 30.2 Å². The van der Waals surface area contributed by atoms with Gasteiger partial charge in [-0.05, 0) is 61.2 Å². The number of amides is 1. The molecule has 0 saturated carbocycles. The van der Waals surface area contributed by atoms with Crippen molar-refractivity contribution in [1.82, 2.24) is 9.62 Å². The molecule has 144 valence electrons. The summed E-state index contributed by atoms with van der Waals surface area (Å²) < 4.78 is 26.9. The van der Waals surface area contributed by atoms with Crippen molar-refractivity contribution in [2.75, 3.05) is 19.6 Å². The highest BCUT2D eigenvalue weighted by molar-refractivity contribution is 7.89. The lowest BCUT2D eigenvalue weighted by Gasteiger charge is -2.25. The first-order valence-electron chi connectivity index (χ1n) is 9.10. The molecule has 0 aromatic heterocycles. The number of nitrogens with zero attached hydrogens (tertiary/aromatic N) is 1. The third-order valence-electron chi connectivity index (χ3n) is 4.68. The number of hydrogen-bond acceptors (Lipinski definition) is 3. The van der Waals surface area contributed by atoms with Crippen molar-refractivity contribution in [2.24, 2.45) is 0 Å². The number of carbonyl (C=O) groups is 1. The molecule has 0 aliphatic carbocycles. The van der Waals surface area contributed by atoms with Gasteiger partial charge in [-0.25, -0.2) is 8.42 Å². The molecule has 2 aromatic carbocycles. The van der Waals surface area contributed by atoms with Gasteiger partial charge in [-0.15, -0.1) is 0 Å². The quantitative estimate of drug-likeness (QED) is 0.798. The van der Waals surface area contributed by atoms with E-state index in [1.54, 1.807) is 40.7 Å². The van der Waals surface area contributed by atoms with Crippen LogP contribution < -0.4 is 5.32 Å². The summed E-state index contributed by atoms with van der Waals surface area (Å²) in [6, 6.07) is 13.6. The van der Waals surface area contributed by atoms with Crippen LogP contribution in [0.3, 0.4) is 0 Å². The number of halogens is 1. The Morgan fingerprint density at radius 1 is 0.963 bits per heavy atom. The second-order valence-electron chi connectivity index (χ2n) is 6.62. The van der Waals surface area contributed by atoms with Crippen LogP contribution in [0.15, 0.2) is 53.4 Å². The second kappa shape index (κ2) is 8.87. The third kappa shape index (κ3) is 5.09. The van der Waals surface area contributed by atoms with Gasteiger partial charge in [0.2, 0.25) is 10.0 Å². The topological polar surface area (TPSA) is 66.5 Å². The van der Waals surface area contributed by atoms with E-state index in [0.29, 0.717) is 41.5 Å². The molecule has 5 nitrogen and oxygen atoms in total. The van der Waals surface area contributed by atoms with Gasteiger partial charge in [-0.3, -0.25) is 4.79 Å². The summed E-state index contributed by atoms with van der Waals surface area (Å²) in [6.45, 7) is 1.67. The Hall–Kier alpha value is -1.89. The molecule has 1 amide bonds. The molecule has 2 aromatic rings. The van der Waals surface area contributed by atoms with Crippen LogP contribution in [-0.2, 0) is 16.4 Å². The van der Waals surface area contributed by atoms with E-state index >= 15 is 0 Å². The number of benzene rings is 2. The first-order chi connectivity index (χ1) is 13.0. The van der Waals surface area contributed by atoms with Crippen molar-refractivity contribution < 1.29 is 13.2 Å². The smallest absolute Gasteiger partial charge is 0.251 e. The monoisotopic (exact) mass is 406 g/mol. The Kier molecular flexibility index (Phi) is 6.52. The fourth-order valence-electron chi connectivity index (χ4n) is 3.11. The number of carbonyl (C=O) groups excluding carboxylic acids is 1. The average molecular weight is 407 g/mol. The fourth-order valence-corrected chi connectivity index (χ4v) is 4.75. The highest BCUT2D eigenvalue weighted by atomic mass is 35.5. The molecular formula is C20H23ClN2O3S. The van der Waals surface area contributed by atoms with E-state index in [0.717, 1.165) is 24.8 Å². The minimum atomic E-state index is -3.40. The maximum absolute atomic E-state index is 12.6. The number of nitrogens with one attached hydrogen (secondary N) is 1. The Labute approximate surface area is 165 Å². The Morgan fingerprint density at radius 3 is 2.22 bits per heavy atom. The van der Waals surface area contributed by atoms with Crippen LogP contribution in [0.5, 0.6) is 0 Å². The molecule has 0 atom stereocenters. The molecule has 0 spiro atoms. The Morgan fingerprint density at radius 2 is 1.59 bits per heavy atom. The number of rotatable bonds is 6. The summed E-state index contributed by atoms with van der Waals surface area (Å²) in [6.07, 6.45) is 3.56. The molecule has 1 aliphatic rings. The summed E-state index contributed by atoms with van der Waals surface area (Å²) in [7, 11) is -3.40. The SMILES string of the molecule is O=C(NCCc1ccc(S(=O)(=O)N2CCCCC2)cc1)c1ccc(Cl)cc1. The normalized spacial score (nSPS) is 15.4. The van der Waals surface area contributed by atoms with Crippen molar-refractivity contribution in [3.63, 3.8) is 0 Å². The van der Waals surface area contributed by atoms with Crippen LogP contribution in [0.1, 0.15) is 35.2 Å². The lowest BCUT2D eigenvalue weighted by atomic mass is 10.1. The maximum Gasteiger partial charge on any atom is 0.251 e. The van der Waals surface area contributed by atoms with Gasteiger partial charge >= 0.3 is 0 Å². The van der Waals surface area contributed by atoms with Crippen molar-refractivity contribution in [3.05, 3.63) is 64.7 Å². The van der Waals surface area contributed by atoms with Crippen LogP contribution in [0, 0.1) is 0 Å². The van der Waals surface area contributed by atoms with Gasteiger partial charge in [0.25, 0.3) is 5.91 Å². The van der Waals surface area contributed by atoms with E-state index in [2.05, 4.69) is 5.32 Å². The first-order valence-corrected chi connectivity index (χ1v) is 10.9. The van der Waals surface area contributed by atoms with Gasteiger partial charge in [0, 0.05) is 30.2 Å². The fraction of sp³-hybridized carbons (Fsp3) is 0.350. The molecule has 1 aliphatic heterocycles. The van der Waals surface area contributed by atoms with Crippen molar-refractivity contribution in [2.45, 2.75) is 30.6 Å². The largest absolute Gasteiger partial charge is 0.352 e. The predicted octanol–water partition coefficient (Wildman–Crippen LogP) is 3.49. The van der Waals surface area contributed by atoms with E-state index in [1.807, 2.05) is 12.1 Å². The molecule has 0 radical (unpaired) electrons. The number of hydrogen-bond donors (Lipinski definition) is 1. The van der Waals surface area contributed by atoms with Gasteiger partial charge in [-0.2, -0.15) is 4.31 Å². The molecule has 1 saturated heterocycles. The molecule has 0 bridgehead atoms. The summed E-state index contributed by atoms with van der Waals surface area (Å²) >= 11 is 5.82. The van der Waals surface area contributed by atoms with Gasteiger partial charge in [0.05, 0.1) is 4.90 Å². The zero-order valence-corrected chi connectivity index (χ0v) is 16.6. The van der Waals surface area contributed by atoms with E-state index < -0.39 is 10.0 Å². The van der Waals surface area contributed by atoms with Crippen LogP contribution in [0.4, 0.5) is 0 Å². The minimum Gasteiger partial charge on any atom is -0.352 e. The molecule has 3 rings (SSSR count). The van der Waals surface area contributed by atoms with Gasteiger partial charge in [0.1, 0.15) is 0 Å². The molecule has 0 unspecified atom stereocenters. The summed E-state index contributed by atoms with van der Waals surface area (Å²) in [5.41, 5.74) is 1.53. The zero-order valence-electron chi connectivity index (χ0n) is 15.0. The first kappa shape index (κ1) is 19.9. The van der Waals surface area contributed by atoms with Crippen LogP contribution >= 0.6 is 11.6 Å². The number of piperidine rings is 1. The van der Waals surface area contributed by atoms with E-state index in [1.165, 1.54) is 0 Å². The zero-order chi connectivity index (χ0) is 19.3. The van der Waals surface area contributed by atoms with E-state index in [-0.39, 0.29) is 5.91 Å². The van der Waals surface area contributed by atoms with E-state index in [4.69, 9.17) is 11.6 Å². The minimum absolute atomic E-state index is 0.157. The van der Waals surface area contributed by atoms with Gasteiger partial charge < -0.3 is 5.32 Å². The van der Waals surface area contributed by atoms with Gasteiger partial charge in [0.15, 0.2) is 0 Å². The Bertz CT molecular complexity index is 874. The van der Waals surface area contributed by atoms with Crippen LogP contribution in [0.2, 0.25) is 5.02 Å². The highest BCUT2D eigenvalue weighted by Gasteiger charge is 2.25. The molecule has 1 heterocycles. The highest BCUT2D eigenvalue weighted by Crippen LogP contribution is 2.21. The number of sulfonamides is 1. The summed E-state index contributed by atoms with van der Waals surface area (Å²) in [4.78, 5) is 12.4. The summed E-state index contributed by atoms with van der Waals surface area (Å²) in [5, 5.41) is 3.44. The lowest BCUT2D eigenvalue weighted by Crippen LogP contribution is -2.35. The van der Waals surface area contributed by atoms with E-state index in [9.17, 15) is 13.2 Å². The Balaban J connectivity index is 1.54. The van der Waals surface area contributed by atoms with Crippen molar-refractivity contribution in [3.8, 4) is 0 Å². The standard InChI is InChI=1S/C20H23ClN2O3S/c21-18-8-6-17(7-9-18)20(24)22-13-12-16-4-10-19(11-5-16)27(25,26)23-14-2-1-3-15-23/h4-11H,1-3,12-15H2,(H,22,24). The molecule has 27 heavy (non-hydrogen) atoms. The maximum atomic E-state index is 12.6. The molecule has 1 fully saturated rings. The summed E-state index contributed by atoms with van der Waals surface area (Å²) in [5.74, 6) is -0.157. The van der Waals surface area contributed by atoms with Crippen molar-refractivity contribution >= 4 is 27.5 Å². The van der Waals surface area contributed by atoms with Crippen molar-refractivity contribution in [1.29, 1.82) is 0 Å². The van der Waals surface area contributed by atoms with Crippen LogP contribution in [-0.4, -0.2) is 38.3 Å². The molecule has 1 N–H and O–H groups in total. The third-order valence-corrected chi connectivity index (χ3v) is 6.85. The predicted molar refractivity (Wildman–Crippen MR) is 107 cm³/mol. The lowest BCUT2D eigenvalue weighted by molar-refractivity contribution is 0.0954. The average Bonchev–Trinajstić information content (AvgIpc) is 2.69. The second-order valence-corrected chi connectivity index (χ2v) is 9.00. The molecular weight excluding hydrogens is 384 g/mol.